The zero-order valence-corrected chi connectivity index (χ0v) is 18.2. The van der Waals surface area contributed by atoms with Gasteiger partial charge in [-0.25, -0.2) is 4.99 Å². The molecule has 0 bridgehead atoms. The number of guanidine groups is 1. The number of likely N-dealkylation sites (N-methyl/N-ethyl adjacent to an activating group) is 1. The summed E-state index contributed by atoms with van der Waals surface area (Å²) in [5, 5.41) is 17.7. The number of nitrogens with one attached hydrogen (secondary N) is 3. The first-order valence-corrected chi connectivity index (χ1v) is 10.1. The molecule has 0 radical (unpaired) electrons. The van der Waals surface area contributed by atoms with Gasteiger partial charge in [0.25, 0.3) is 0 Å². The number of likely N-dealkylation sites (tertiary alicyclic amines) is 1. The largest absolute Gasteiger partial charge is 0.355 e. The van der Waals surface area contributed by atoms with Crippen molar-refractivity contribution in [1.29, 1.82) is 0 Å². The summed E-state index contributed by atoms with van der Waals surface area (Å²) >= 11 is 0. The molecule has 1 aromatic rings. The van der Waals surface area contributed by atoms with Crippen LogP contribution in [0.15, 0.2) is 4.99 Å². The Bertz CT molecular complexity index is 676. The van der Waals surface area contributed by atoms with Crippen LogP contribution in [0.2, 0.25) is 0 Å². The van der Waals surface area contributed by atoms with E-state index in [1.165, 1.54) is 12.8 Å². The summed E-state index contributed by atoms with van der Waals surface area (Å²) < 4.78 is 1.92. The molecule has 0 saturated carbocycles. The average Bonchev–Trinajstić information content (AvgIpc) is 3.20. The topological polar surface area (TPSA) is 99.5 Å². The third kappa shape index (κ3) is 6.78. The molecule has 1 unspecified atom stereocenters. The van der Waals surface area contributed by atoms with Gasteiger partial charge in [0, 0.05) is 25.2 Å². The highest BCUT2D eigenvalue weighted by Crippen LogP contribution is 2.15. The Kier molecular flexibility index (Phi) is 7.79. The van der Waals surface area contributed by atoms with Gasteiger partial charge in [0.05, 0.1) is 6.54 Å². The van der Waals surface area contributed by atoms with E-state index in [9.17, 15) is 4.79 Å². The lowest BCUT2D eigenvalue weighted by molar-refractivity contribution is -0.121. The van der Waals surface area contributed by atoms with E-state index >= 15 is 0 Å². The zero-order chi connectivity index (χ0) is 20.7. The maximum absolute atomic E-state index is 12.2. The molecule has 1 fully saturated rings. The van der Waals surface area contributed by atoms with Gasteiger partial charge in [0.15, 0.2) is 11.8 Å². The zero-order valence-electron chi connectivity index (χ0n) is 18.2. The fraction of sp³-hybridized carbons (Fsp3) is 0.789. The molecule has 9 heteroatoms. The molecule has 1 amide bonds. The molecule has 0 aromatic carbocycles. The van der Waals surface area contributed by atoms with E-state index in [0.717, 1.165) is 31.3 Å². The minimum absolute atomic E-state index is 0.0625. The summed E-state index contributed by atoms with van der Waals surface area (Å²) in [4.78, 5) is 19.3. The number of carbonyl (C=O) groups is 1. The molecule has 0 aliphatic carbocycles. The monoisotopic (exact) mass is 392 g/mol. The number of rotatable bonds is 7. The second kappa shape index (κ2) is 9.86. The van der Waals surface area contributed by atoms with Crippen molar-refractivity contribution in [3.63, 3.8) is 0 Å². The number of aromatic nitrogens is 3. The Labute approximate surface area is 168 Å². The maximum atomic E-state index is 12.2. The number of nitrogens with zero attached hydrogens (tertiary/aromatic N) is 5. The van der Waals surface area contributed by atoms with E-state index in [4.69, 9.17) is 0 Å². The molecule has 1 atom stereocenters. The molecule has 1 aliphatic rings. The summed E-state index contributed by atoms with van der Waals surface area (Å²) in [6.07, 6.45) is 2.41. The number of carbonyl (C=O) groups excluding carboxylic acids is 1. The highest BCUT2D eigenvalue weighted by molar-refractivity contribution is 5.86. The van der Waals surface area contributed by atoms with Crippen molar-refractivity contribution in [3.05, 3.63) is 11.6 Å². The van der Waals surface area contributed by atoms with Gasteiger partial charge in [0.2, 0.25) is 5.91 Å². The van der Waals surface area contributed by atoms with Gasteiger partial charge < -0.3 is 20.5 Å². The molecular weight excluding hydrogens is 356 g/mol. The third-order valence-electron chi connectivity index (χ3n) is 4.90. The SMILES string of the molecule is CCN1CCCC1CNC(=NCc1nnc(C)n1C)NCC(=O)NC(C)(C)C. The summed E-state index contributed by atoms with van der Waals surface area (Å²) in [5.74, 6) is 2.19. The summed E-state index contributed by atoms with van der Waals surface area (Å²) in [5.41, 5.74) is -0.259. The number of hydrogen-bond donors (Lipinski definition) is 3. The van der Waals surface area contributed by atoms with Crippen LogP contribution in [0.1, 0.15) is 52.2 Å². The first-order chi connectivity index (χ1) is 13.2. The van der Waals surface area contributed by atoms with Gasteiger partial charge in [-0.05, 0) is 53.6 Å². The van der Waals surface area contributed by atoms with Gasteiger partial charge in [-0.3, -0.25) is 9.69 Å². The van der Waals surface area contributed by atoms with Crippen LogP contribution in [0, 0.1) is 6.92 Å². The standard InChI is InChI=1S/C19H36N8O/c1-7-27-10-8-9-15(27)11-20-18(22-13-17(28)23-19(3,4)5)21-12-16-25-24-14(2)26(16)6/h15H,7-13H2,1-6H3,(H,23,28)(H2,20,21,22). The van der Waals surface area contributed by atoms with Crippen LogP contribution < -0.4 is 16.0 Å². The molecule has 2 heterocycles. The Balaban J connectivity index is 1.98. The van der Waals surface area contributed by atoms with Crippen LogP contribution in [0.4, 0.5) is 0 Å². The lowest BCUT2D eigenvalue weighted by atomic mass is 10.1. The van der Waals surface area contributed by atoms with E-state index in [1.54, 1.807) is 0 Å². The van der Waals surface area contributed by atoms with Crippen molar-refractivity contribution in [2.45, 2.75) is 65.6 Å². The Morgan fingerprint density at radius 3 is 2.64 bits per heavy atom. The van der Waals surface area contributed by atoms with Gasteiger partial charge in [0.1, 0.15) is 12.4 Å². The fourth-order valence-electron chi connectivity index (χ4n) is 3.30. The smallest absolute Gasteiger partial charge is 0.239 e. The third-order valence-corrected chi connectivity index (χ3v) is 4.90. The molecule has 9 nitrogen and oxygen atoms in total. The van der Waals surface area contributed by atoms with Crippen molar-refractivity contribution < 1.29 is 4.79 Å². The van der Waals surface area contributed by atoms with Crippen LogP contribution in [0.5, 0.6) is 0 Å². The van der Waals surface area contributed by atoms with E-state index in [2.05, 4.69) is 43.0 Å². The Morgan fingerprint density at radius 2 is 2.04 bits per heavy atom. The van der Waals surface area contributed by atoms with Crippen LogP contribution in [-0.4, -0.2) is 69.3 Å². The highest BCUT2D eigenvalue weighted by Gasteiger charge is 2.23. The molecule has 2 rings (SSSR count). The molecule has 1 aliphatic heterocycles. The second-order valence-electron chi connectivity index (χ2n) is 8.34. The molecule has 3 N–H and O–H groups in total. The van der Waals surface area contributed by atoms with Crippen molar-refractivity contribution in [3.8, 4) is 0 Å². The summed E-state index contributed by atoms with van der Waals surface area (Å²) in [7, 11) is 1.93. The van der Waals surface area contributed by atoms with Crippen molar-refractivity contribution >= 4 is 11.9 Å². The molecule has 28 heavy (non-hydrogen) atoms. The summed E-state index contributed by atoms with van der Waals surface area (Å²) in [6, 6.07) is 0.498. The van der Waals surface area contributed by atoms with E-state index in [-0.39, 0.29) is 18.0 Å². The minimum atomic E-state index is -0.259. The van der Waals surface area contributed by atoms with Crippen LogP contribution in [0.3, 0.4) is 0 Å². The molecule has 1 saturated heterocycles. The fourth-order valence-corrected chi connectivity index (χ4v) is 3.30. The van der Waals surface area contributed by atoms with Crippen LogP contribution in [0.25, 0.3) is 0 Å². The number of amides is 1. The van der Waals surface area contributed by atoms with E-state index < -0.39 is 0 Å². The highest BCUT2D eigenvalue weighted by atomic mass is 16.2. The second-order valence-corrected chi connectivity index (χ2v) is 8.34. The van der Waals surface area contributed by atoms with Gasteiger partial charge in [-0.2, -0.15) is 0 Å². The Morgan fingerprint density at radius 1 is 1.29 bits per heavy atom. The first kappa shape index (κ1) is 22.1. The van der Waals surface area contributed by atoms with Crippen molar-refractivity contribution in [2.24, 2.45) is 12.0 Å². The van der Waals surface area contributed by atoms with Crippen molar-refractivity contribution in [2.75, 3.05) is 26.2 Å². The van der Waals surface area contributed by atoms with Crippen LogP contribution in [-0.2, 0) is 18.4 Å². The van der Waals surface area contributed by atoms with E-state index in [1.807, 2.05) is 39.3 Å². The number of hydrogen-bond acceptors (Lipinski definition) is 5. The Hall–Kier alpha value is -2.16. The van der Waals surface area contributed by atoms with Gasteiger partial charge in [-0.1, -0.05) is 6.92 Å². The maximum Gasteiger partial charge on any atom is 0.239 e. The van der Waals surface area contributed by atoms with Gasteiger partial charge >= 0.3 is 0 Å². The molecule has 158 valence electrons. The number of aryl methyl sites for hydroxylation is 1. The normalized spacial score (nSPS) is 18.4. The number of aliphatic imine (C=N–C) groups is 1. The summed E-state index contributed by atoms with van der Waals surface area (Å²) in [6.45, 7) is 13.6. The lowest BCUT2D eigenvalue weighted by Crippen LogP contribution is -2.50. The molecule has 0 spiro atoms. The quantitative estimate of drug-likeness (QED) is 0.463. The lowest BCUT2D eigenvalue weighted by Gasteiger charge is -2.24. The van der Waals surface area contributed by atoms with Crippen molar-refractivity contribution in [1.82, 2.24) is 35.6 Å². The first-order valence-electron chi connectivity index (χ1n) is 10.1. The average molecular weight is 393 g/mol. The molecule has 1 aromatic heterocycles. The van der Waals surface area contributed by atoms with Gasteiger partial charge in [-0.15, -0.1) is 10.2 Å². The predicted molar refractivity (Wildman–Crippen MR) is 111 cm³/mol. The minimum Gasteiger partial charge on any atom is -0.355 e. The molecular formula is C19H36N8O. The van der Waals surface area contributed by atoms with Crippen LogP contribution >= 0.6 is 0 Å². The predicted octanol–water partition coefficient (Wildman–Crippen LogP) is 0.558. The van der Waals surface area contributed by atoms with E-state index in [0.29, 0.717) is 18.5 Å².